The summed E-state index contributed by atoms with van der Waals surface area (Å²) in [7, 11) is 1.94. The van der Waals surface area contributed by atoms with Crippen LogP contribution in [0.15, 0.2) is 42.7 Å². The number of aromatic nitrogens is 3. The minimum absolute atomic E-state index is 0.184. The first kappa shape index (κ1) is 29.2. The lowest BCUT2D eigenvalue weighted by atomic mass is 10.1. The number of nitrogens with one attached hydrogen (secondary N) is 2. The molecule has 3 rings (SSSR count). The monoisotopic (exact) mass is 475 g/mol. The van der Waals surface area contributed by atoms with Gasteiger partial charge in [0.15, 0.2) is 6.29 Å². The number of rotatable bonds is 11. The van der Waals surface area contributed by atoms with Gasteiger partial charge < -0.3 is 10.6 Å². The third-order valence-electron chi connectivity index (χ3n) is 5.05. The van der Waals surface area contributed by atoms with Gasteiger partial charge in [0, 0.05) is 29.7 Å². The SMILES string of the molecule is CC.CCCC(CCCNC)Nc1cccc2nc(C(F)F)cn12.CCc1ccc(C=O)cn1. The van der Waals surface area contributed by atoms with E-state index in [0.717, 1.165) is 56.4 Å². The summed E-state index contributed by atoms with van der Waals surface area (Å²) in [5.41, 5.74) is 2.02. The molecule has 0 radical (unpaired) electrons. The summed E-state index contributed by atoms with van der Waals surface area (Å²) in [5.74, 6) is 0.819. The van der Waals surface area contributed by atoms with Crippen molar-refractivity contribution >= 4 is 17.8 Å². The molecule has 6 nitrogen and oxygen atoms in total. The van der Waals surface area contributed by atoms with Gasteiger partial charge in [0.25, 0.3) is 6.43 Å². The highest BCUT2D eigenvalue weighted by molar-refractivity contribution is 5.73. The summed E-state index contributed by atoms with van der Waals surface area (Å²) in [6.07, 6.45) is 6.43. The predicted octanol–water partition coefficient (Wildman–Crippen LogP) is 6.33. The number of anilines is 1. The van der Waals surface area contributed by atoms with Crippen molar-refractivity contribution in [3.05, 3.63) is 59.7 Å². The van der Waals surface area contributed by atoms with Crippen molar-refractivity contribution in [3.8, 4) is 0 Å². The lowest BCUT2D eigenvalue weighted by Gasteiger charge is -2.20. The summed E-state index contributed by atoms with van der Waals surface area (Å²) in [6, 6.07) is 9.47. The lowest BCUT2D eigenvalue weighted by molar-refractivity contribution is 0.112. The van der Waals surface area contributed by atoms with Crippen LogP contribution >= 0.6 is 0 Å². The van der Waals surface area contributed by atoms with Gasteiger partial charge in [-0.25, -0.2) is 13.8 Å². The number of pyridine rings is 2. The van der Waals surface area contributed by atoms with E-state index in [4.69, 9.17) is 0 Å². The van der Waals surface area contributed by atoms with Crippen molar-refractivity contribution in [2.45, 2.75) is 72.3 Å². The average molecular weight is 476 g/mol. The van der Waals surface area contributed by atoms with E-state index in [1.165, 1.54) is 6.20 Å². The number of aryl methyl sites for hydroxylation is 1. The Labute approximate surface area is 202 Å². The Morgan fingerprint density at radius 1 is 1.12 bits per heavy atom. The second-order valence-corrected chi connectivity index (χ2v) is 7.54. The maximum Gasteiger partial charge on any atom is 0.281 e. The van der Waals surface area contributed by atoms with Crippen LogP contribution in [0.5, 0.6) is 0 Å². The molecule has 0 saturated heterocycles. The fourth-order valence-electron chi connectivity index (χ4n) is 3.34. The van der Waals surface area contributed by atoms with E-state index in [1.807, 2.05) is 46.0 Å². The summed E-state index contributed by atoms with van der Waals surface area (Å²) < 4.78 is 27.4. The molecule has 0 saturated carbocycles. The first-order valence-corrected chi connectivity index (χ1v) is 12.1. The first-order chi connectivity index (χ1) is 16.5. The number of fused-ring (bicyclic) bond motifs is 1. The van der Waals surface area contributed by atoms with Crippen LogP contribution in [-0.4, -0.2) is 40.3 Å². The number of imidazole rings is 1. The quantitative estimate of drug-likeness (QED) is 0.250. The molecule has 0 bridgehead atoms. The molecule has 3 heterocycles. The van der Waals surface area contributed by atoms with Gasteiger partial charge in [-0.05, 0) is 63.5 Å². The first-order valence-electron chi connectivity index (χ1n) is 12.1. The standard InChI is InChI=1S/C16H24F2N4.C8H9NO.C2H6/c1-3-6-12(7-5-10-19-2)20-14-8-4-9-15-21-13(16(17)18)11-22(14)15;1-2-8-4-3-7(6-10)5-9-8;1-2/h4,8-9,11-12,16,19-20H,3,5-7,10H2,1-2H3;3-6H,2H2,1H3;1-2H3. The average Bonchev–Trinajstić information content (AvgIpc) is 3.32. The van der Waals surface area contributed by atoms with E-state index in [9.17, 15) is 13.6 Å². The van der Waals surface area contributed by atoms with Crippen molar-refractivity contribution in [2.75, 3.05) is 18.9 Å². The maximum atomic E-state index is 12.8. The highest BCUT2D eigenvalue weighted by Crippen LogP contribution is 2.22. The molecule has 0 fully saturated rings. The van der Waals surface area contributed by atoms with Crippen LogP contribution in [0.2, 0.25) is 0 Å². The zero-order valence-electron chi connectivity index (χ0n) is 21.0. The van der Waals surface area contributed by atoms with Gasteiger partial charge in [-0.15, -0.1) is 0 Å². The van der Waals surface area contributed by atoms with E-state index in [1.54, 1.807) is 22.7 Å². The van der Waals surface area contributed by atoms with Gasteiger partial charge in [-0.3, -0.25) is 14.2 Å². The van der Waals surface area contributed by atoms with Gasteiger partial charge in [0.05, 0.1) is 0 Å². The number of alkyl halides is 2. The number of hydrogen-bond donors (Lipinski definition) is 2. The largest absolute Gasteiger partial charge is 0.368 e. The van der Waals surface area contributed by atoms with Crippen LogP contribution in [0.25, 0.3) is 5.65 Å². The zero-order valence-corrected chi connectivity index (χ0v) is 21.0. The van der Waals surface area contributed by atoms with E-state index in [2.05, 4.69) is 27.5 Å². The van der Waals surface area contributed by atoms with Gasteiger partial charge in [0.2, 0.25) is 0 Å². The summed E-state index contributed by atoms with van der Waals surface area (Å²) in [4.78, 5) is 18.2. The van der Waals surface area contributed by atoms with E-state index < -0.39 is 6.43 Å². The van der Waals surface area contributed by atoms with E-state index in [-0.39, 0.29) is 5.69 Å². The van der Waals surface area contributed by atoms with Crippen LogP contribution < -0.4 is 10.6 Å². The molecule has 1 unspecified atom stereocenters. The number of carbonyl (C=O) groups is 1. The molecule has 1 atom stereocenters. The normalized spacial score (nSPS) is 11.3. The van der Waals surface area contributed by atoms with Crippen LogP contribution in [-0.2, 0) is 6.42 Å². The highest BCUT2D eigenvalue weighted by Gasteiger charge is 2.15. The molecule has 34 heavy (non-hydrogen) atoms. The van der Waals surface area contributed by atoms with Crippen LogP contribution in [0.1, 0.15) is 81.5 Å². The molecule has 3 aromatic rings. The van der Waals surface area contributed by atoms with E-state index in [0.29, 0.717) is 17.3 Å². The summed E-state index contributed by atoms with van der Waals surface area (Å²) in [5, 5.41) is 6.63. The van der Waals surface area contributed by atoms with Crippen molar-refractivity contribution < 1.29 is 13.6 Å². The van der Waals surface area contributed by atoms with Gasteiger partial charge in [0.1, 0.15) is 17.2 Å². The van der Waals surface area contributed by atoms with Crippen LogP contribution in [0, 0.1) is 0 Å². The second-order valence-electron chi connectivity index (χ2n) is 7.54. The smallest absolute Gasteiger partial charge is 0.281 e. The van der Waals surface area contributed by atoms with Crippen molar-refractivity contribution in [1.29, 1.82) is 0 Å². The molecular weight excluding hydrogens is 436 g/mol. The third kappa shape index (κ3) is 9.55. The molecule has 0 aliphatic carbocycles. The molecule has 0 aromatic carbocycles. The fraction of sp³-hybridized carbons (Fsp3) is 0.500. The Morgan fingerprint density at radius 2 is 1.88 bits per heavy atom. The topological polar surface area (TPSA) is 71.3 Å². The van der Waals surface area contributed by atoms with Crippen molar-refractivity contribution in [2.24, 2.45) is 0 Å². The van der Waals surface area contributed by atoms with Gasteiger partial charge in [-0.1, -0.05) is 40.2 Å². The Kier molecular flexibility index (Phi) is 14.3. The minimum Gasteiger partial charge on any atom is -0.368 e. The highest BCUT2D eigenvalue weighted by atomic mass is 19.3. The molecule has 188 valence electrons. The Hall–Kier alpha value is -2.87. The van der Waals surface area contributed by atoms with Crippen molar-refractivity contribution in [1.82, 2.24) is 19.7 Å². The number of hydrogen-bond acceptors (Lipinski definition) is 5. The molecule has 0 amide bonds. The molecule has 2 N–H and O–H groups in total. The molecule has 0 spiro atoms. The molecule has 3 aromatic heterocycles. The molecule has 0 aliphatic rings. The Bertz CT molecular complexity index is 944. The zero-order chi connectivity index (χ0) is 25.3. The fourth-order valence-corrected chi connectivity index (χ4v) is 3.34. The third-order valence-corrected chi connectivity index (χ3v) is 5.05. The minimum atomic E-state index is -2.55. The predicted molar refractivity (Wildman–Crippen MR) is 136 cm³/mol. The second kappa shape index (κ2) is 16.7. The number of carbonyl (C=O) groups excluding carboxylic acids is 1. The van der Waals surface area contributed by atoms with Crippen molar-refractivity contribution in [3.63, 3.8) is 0 Å². The molecule has 8 heteroatoms. The molecule has 0 aliphatic heterocycles. The Balaban J connectivity index is 0.000000402. The van der Waals surface area contributed by atoms with Gasteiger partial charge >= 0.3 is 0 Å². The van der Waals surface area contributed by atoms with Gasteiger partial charge in [-0.2, -0.15) is 0 Å². The summed E-state index contributed by atoms with van der Waals surface area (Å²) >= 11 is 0. The lowest BCUT2D eigenvalue weighted by Crippen LogP contribution is -2.22. The molecular formula is C26H39F2N5O. The number of nitrogens with zero attached hydrogens (tertiary/aromatic N) is 3. The summed E-state index contributed by atoms with van der Waals surface area (Å²) in [6.45, 7) is 9.16. The van der Waals surface area contributed by atoms with Crippen LogP contribution in [0.3, 0.4) is 0 Å². The maximum absolute atomic E-state index is 12.8. The number of halogens is 2. The number of aldehydes is 1. The van der Waals surface area contributed by atoms with Crippen LogP contribution in [0.4, 0.5) is 14.6 Å². The van der Waals surface area contributed by atoms with E-state index >= 15 is 0 Å². The Morgan fingerprint density at radius 3 is 2.44 bits per heavy atom.